The summed E-state index contributed by atoms with van der Waals surface area (Å²) < 4.78 is 0. The van der Waals surface area contributed by atoms with Crippen molar-refractivity contribution in [3.05, 3.63) is 41.5 Å². The van der Waals surface area contributed by atoms with Crippen LogP contribution in [0.15, 0.2) is 30.3 Å². The number of likely N-dealkylation sites (N-methyl/N-ethyl adjacent to an activating group) is 1. The van der Waals surface area contributed by atoms with Crippen LogP contribution in [0.25, 0.3) is 0 Å². The van der Waals surface area contributed by atoms with Gasteiger partial charge in [0.1, 0.15) is 11.6 Å². The van der Waals surface area contributed by atoms with Gasteiger partial charge in [0, 0.05) is 36.6 Å². The van der Waals surface area contributed by atoms with E-state index in [2.05, 4.69) is 26.3 Å². The molecule has 1 fully saturated rings. The van der Waals surface area contributed by atoms with Gasteiger partial charge in [0.2, 0.25) is 0 Å². The summed E-state index contributed by atoms with van der Waals surface area (Å²) >= 11 is 0. The van der Waals surface area contributed by atoms with Crippen LogP contribution in [0.1, 0.15) is 41.6 Å². The summed E-state index contributed by atoms with van der Waals surface area (Å²) in [6, 6.07) is 9.72. The number of nitrogens with zero attached hydrogens (tertiary/aromatic N) is 1. The third kappa shape index (κ3) is 4.65. The number of aromatic nitrogens is 1. The number of rotatable bonds is 8. The molecular weight excluding hydrogens is 366 g/mol. The molecule has 1 aliphatic rings. The summed E-state index contributed by atoms with van der Waals surface area (Å²) in [5.41, 5.74) is 8.02. The van der Waals surface area contributed by atoms with Crippen LogP contribution in [0.3, 0.4) is 0 Å². The highest BCUT2D eigenvalue weighted by molar-refractivity contribution is 6.00. The molecule has 1 aliphatic carbocycles. The van der Waals surface area contributed by atoms with Gasteiger partial charge in [-0.05, 0) is 44.2 Å². The smallest absolute Gasteiger partial charge is 0.252 e. The van der Waals surface area contributed by atoms with Crippen molar-refractivity contribution < 1.29 is 4.79 Å². The van der Waals surface area contributed by atoms with Gasteiger partial charge in [0.05, 0.1) is 11.3 Å². The molecule has 8 heteroatoms. The van der Waals surface area contributed by atoms with Crippen LogP contribution in [0.5, 0.6) is 0 Å². The Hall–Kier alpha value is -3.13. The molecule has 0 bridgehead atoms. The normalized spacial score (nSPS) is 18.7. The van der Waals surface area contributed by atoms with E-state index >= 15 is 0 Å². The van der Waals surface area contributed by atoms with Crippen molar-refractivity contribution in [1.29, 1.82) is 5.41 Å². The van der Waals surface area contributed by atoms with Crippen molar-refractivity contribution >= 4 is 35.1 Å². The van der Waals surface area contributed by atoms with E-state index in [9.17, 15) is 4.79 Å². The molecule has 29 heavy (non-hydrogen) atoms. The molecule has 154 valence electrons. The molecule has 0 radical (unpaired) electrons. The number of hydrogen-bond donors (Lipinski definition) is 6. The number of nitrogens with one attached hydrogen (secondary N) is 5. The maximum Gasteiger partial charge on any atom is 0.252 e. The first-order valence-electron chi connectivity index (χ1n) is 9.90. The van der Waals surface area contributed by atoms with Crippen LogP contribution in [0.4, 0.5) is 23.0 Å². The van der Waals surface area contributed by atoms with E-state index in [1.165, 1.54) is 19.1 Å². The fourth-order valence-electron chi connectivity index (χ4n) is 3.85. The lowest BCUT2D eigenvalue weighted by Crippen LogP contribution is -2.44. The number of amides is 1. The monoisotopic (exact) mass is 395 g/mol. The Morgan fingerprint density at radius 2 is 1.86 bits per heavy atom. The Kier molecular flexibility index (Phi) is 6.66. The summed E-state index contributed by atoms with van der Waals surface area (Å²) in [4.78, 5) is 16.6. The van der Waals surface area contributed by atoms with Crippen molar-refractivity contribution in [2.45, 2.75) is 37.8 Å². The minimum absolute atomic E-state index is 0.276. The summed E-state index contributed by atoms with van der Waals surface area (Å²) in [5.74, 6) is 0.500. The topological polar surface area (TPSA) is 128 Å². The van der Waals surface area contributed by atoms with Crippen LogP contribution >= 0.6 is 0 Å². The van der Waals surface area contributed by atoms with Gasteiger partial charge in [-0.1, -0.05) is 18.9 Å². The van der Waals surface area contributed by atoms with Crippen molar-refractivity contribution in [3.63, 3.8) is 0 Å². The zero-order valence-electron chi connectivity index (χ0n) is 16.9. The molecule has 2 unspecified atom stereocenters. The van der Waals surface area contributed by atoms with Gasteiger partial charge in [-0.3, -0.25) is 4.79 Å². The second-order valence-corrected chi connectivity index (χ2v) is 7.17. The maximum absolute atomic E-state index is 11.9. The van der Waals surface area contributed by atoms with Gasteiger partial charge in [-0.15, -0.1) is 0 Å². The van der Waals surface area contributed by atoms with E-state index in [-0.39, 0.29) is 6.04 Å². The maximum atomic E-state index is 11.9. The lowest BCUT2D eigenvalue weighted by atomic mass is 9.90. The van der Waals surface area contributed by atoms with E-state index in [0.717, 1.165) is 18.5 Å². The molecule has 0 spiro atoms. The van der Waals surface area contributed by atoms with Gasteiger partial charge in [0.15, 0.2) is 0 Å². The van der Waals surface area contributed by atoms with Gasteiger partial charge < -0.3 is 32.4 Å². The lowest BCUT2D eigenvalue weighted by molar-refractivity contribution is 0.100. The molecular formula is C21H29N7O. The van der Waals surface area contributed by atoms with Crippen molar-refractivity contribution in [1.82, 2.24) is 10.3 Å². The number of pyridine rings is 1. The quantitative estimate of drug-likeness (QED) is 0.381. The van der Waals surface area contributed by atoms with Gasteiger partial charge in [0.25, 0.3) is 5.91 Å². The van der Waals surface area contributed by atoms with E-state index in [1.54, 1.807) is 19.2 Å². The SMILES string of the molecule is CNc1cccc(Nc2nc(NC3CCCCC3NC)ccc2C(N)=O)c1C=N. The van der Waals surface area contributed by atoms with Gasteiger partial charge in [-0.2, -0.15) is 0 Å². The molecule has 1 aromatic heterocycles. The molecule has 8 nitrogen and oxygen atoms in total. The fourth-order valence-corrected chi connectivity index (χ4v) is 3.85. The summed E-state index contributed by atoms with van der Waals surface area (Å²) in [5, 5.41) is 20.9. The van der Waals surface area contributed by atoms with Crippen LogP contribution in [0.2, 0.25) is 0 Å². The Morgan fingerprint density at radius 3 is 2.52 bits per heavy atom. The molecule has 1 heterocycles. The fraction of sp³-hybridized carbons (Fsp3) is 0.381. The predicted molar refractivity (Wildman–Crippen MR) is 119 cm³/mol. The highest BCUT2D eigenvalue weighted by Crippen LogP contribution is 2.28. The summed E-state index contributed by atoms with van der Waals surface area (Å²) in [6.07, 6.45) is 5.85. The first-order valence-corrected chi connectivity index (χ1v) is 9.90. The largest absolute Gasteiger partial charge is 0.388 e. The standard InChI is InChI=1S/C21H29N7O/c1-24-15-8-5-9-16(14(15)12-22)27-21-13(20(23)29)10-11-19(28-21)26-18-7-4-3-6-17(18)25-2/h5,8-12,17-18,22,24-25H,3-4,6-7H2,1-2H3,(H2,23,29)(H2,26,27,28). The van der Waals surface area contributed by atoms with E-state index in [1.807, 2.05) is 25.2 Å². The Balaban J connectivity index is 1.92. The van der Waals surface area contributed by atoms with Crippen molar-refractivity contribution in [2.24, 2.45) is 5.73 Å². The highest BCUT2D eigenvalue weighted by Gasteiger charge is 2.24. The van der Waals surface area contributed by atoms with Crippen LogP contribution in [-0.4, -0.2) is 43.3 Å². The summed E-state index contributed by atoms with van der Waals surface area (Å²) in [6.45, 7) is 0. The average Bonchev–Trinajstić information content (AvgIpc) is 2.74. The summed E-state index contributed by atoms with van der Waals surface area (Å²) in [7, 11) is 3.78. The molecule has 2 aromatic rings. The second-order valence-electron chi connectivity index (χ2n) is 7.17. The van der Waals surface area contributed by atoms with Crippen LogP contribution in [0, 0.1) is 5.41 Å². The Morgan fingerprint density at radius 1 is 1.14 bits per heavy atom. The molecule has 0 aliphatic heterocycles. The molecule has 1 aromatic carbocycles. The molecule has 1 saturated carbocycles. The Labute approximate surface area is 171 Å². The third-order valence-electron chi connectivity index (χ3n) is 5.40. The highest BCUT2D eigenvalue weighted by atomic mass is 16.1. The Bertz CT molecular complexity index is 883. The van der Waals surface area contributed by atoms with Gasteiger partial charge in [-0.25, -0.2) is 4.98 Å². The van der Waals surface area contributed by atoms with Crippen LogP contribution < -0.4 is 27.0 Å². The zero-order valence-corrected chi connectivity index (χ0v) is 16.9. The third-order valence-corrected chi connectivity index (χ3v) is 5.40. The van der Waals surface area contributed by atoms with Crippen LogP contribution in [-0.2, 0) is 0 Å². The minimum Gasteiger partial charge on any atom is -0.388 e. The zero-order chi connectivity index (χ0) is 20.8. The number of benzene rings is 1. The van der Waals surface area contributed by atoms with E-state index < -0.39 is 5.91 Å². The molecule has 2 atom stereocenters. The lowest BCUT2D eigenvalue weighted by Gasteiger charge is -2.32. The molecule has 3 rings (SSSR count). The average molecular weight is 396 g/mol. The van der Waals surface area contributed by atoms with E-state index in [0.29, 0.717) is 34.5 Å². The molecule has 7 N–H and O–H groups in total. The van der Waals surface area contributed by atoms with Gasteiger partial charge >= 0.3 is 0 Å². The number of nitrogens with two attached hydrogens (primary N) is 1. The predicted octanol–water partition coefficient (Wildman–Crippen LogP) is 2.91. The van der Waals surface area contributed by atoms with Crippen molar-refractivity contribution in [2.75, 3.05) is 30.0 Å². The first-order chi connectivity index (χ1) is 14.1. The number of primary amides is 1. The number of carbonyl (C=O) groups is 1. The number of carbonyl (C=O) groups excluding carboxylic acids is 1. The second kappa shape index (κ2) is 9.38. The van der Waals surface area contributed by atoms with E-state index in [4.69, 9.17) is 11.1 Å². The molecule has 0 saturated heterocycles. The molecule has 1 amide bonds. The minimum atomic E-state index is -0.557. The first kappa shape index (κ1) is 20.6. The van der Waals surface area contributed by atoms with Crippen molar-refractivity contribution in [3.8, 4) is 0 Å². The number of anilines is 4. The number of hydrogen-bond acceptors (Lipinski definition) is 7.